The van der Waals surface area contributed by atoms with Crippen LogP contribution in [-0.4, -0.2) is 36.8 Å². The maximum Gasteiger partial charge on any atom is 0.490 e. The molecule has 0 aromatic heterocycles. The van der Waals surface area contributed by atoms with Crippen LogP contribution >= 0.6 is 0 Å². The first kappa shape index (κ1) is 15.8. The van der Waals surface area contributed by atoms with E-state index in [1.54, 1.807) is 24.1 Å². The largest absolute Gasteiger partial charge is 0.490 e. The first-order valence-electron chi connectivity index (χ1n) is 6.92. The summed E-state index contributed by atoms with van der Waals surface area (Å²) >= 11 is 0. The maximum absolute atomic E-state index is 14.4. The van der Waals surface area contributed by atoms with Crippen molar-refractivity contribution in [2.24, 2.45) is 0 Å². The van der Waals surface area contributed by atoms with Gasteiger partial charge in [-0.15, -0.1) is 0 Å². The molecule has 0 aliphatic carbocycles. The fourth-order valence-electron chi connectivity index (χ4n) is 2.20. The Morgan fingerprint density at radius 1 is 1.33 bits per heavy atom. The molecule has 0 aromatic rings. The fourth-order valence-corrected chi connectivity index (χ4v) is 2.20. The zero-order valence-electron chi connectivity index (χ0n) is 13.1. The number of allylic oxidation sites excluding steroid dienone is 3. The van der Waals surface area contributed by atoms with Crippen molar-refractivity contribution in [3.63, 3.8) is 0 Å². The van der Waals surface area contributed by atoms with Crippen LogP contribution < -0.4 is 0 Å². The summed E-state index contributed by atoms with van der Waals surface area (Å²) in [5, 5.41) is 8.86. The number of hydrogen-bond donors (Lipinski definition) is 0. The van der Waals surface area contributed by atoms with Crippen molar-refractivity contribution in [2.45, 2.75) is 38.9 Å². The topological polar surface area (TPSA) is 45.5 Å². The summed E-state index contributed by atoms with van der Waals surface area (Å²) in [7, 11) is 1.03. The highest BCUT2D eigenvalue weighted by Gasteiger charge is 2.50. The molecule has 0 N–H and O–H groups in total. The second-order valence-corrected chi connectivity index (χ2v) is 6.35. The molecule has 4 nitrogen and oxygen atoms in total. The Balaban J connectivity index is 2.18. The van der Waals surface area contributed by atoms with Crippen LogP contribution in [0.15, 0.2) is 35.2 Å². The van der Waals surface area contributed by atoms with Gasteiger partial charge < -0.3 is 14.2 Å². The molecule has 2 aliphatic heterocycles. The third kappa shape index (κ3) is 3.04. The van der Waals surface area contributed by atoms with Gasteiger partial charge in [0.2, 0.25) is 0 Å². The molecule has 0 radical (unpaired) electrons. The Hall–Kier alpha value is -1.58. The Morgan fingerprint density at radius 3 is 2.38 bits per heavy atom. The molecule has 0 unspecified atom stereocenters. The minimum Gasteiger partial charge on any atom is -0.400 e. The highest BCUT2D eigenvalue weighted by molar-refractivity contribution is 6.51. The van der Waals surface area contributed by atoms with Gasteiger partial charge >= 0.3 is 7.12 Å². The number of likely N-dealkylation sites (N-methyl/N-ethyl adjacent to an activating group) is 1. The first-order valence-corrected chi connectivity index (χ1v) is 6.92. The second kappa shape index (κ2) is 5.32. The van der Waals surface area contributed by atoms with E-state index in [1.165, 1.54) is 5.98 Å². The van der Waals surface area contributed by atoms with Crippen LogP contribution in [0.2, 0.25) is 0 Å². The number of nitrogens with zero attached hydrogens (tertiary/aromatic N) is 2. The third-order valence-electron chi connectivity index (χ3n) is 4.20. The molecule has 6 heteroatoms. The highest BCUT2D eigenvalue weighted by Crippen LogP contribution is 2.37. The Labute approximate surface area is 125 Å². The zero-order chi connectivity index (χ0) is 15.8. The van der Waals surface area contributed by atoms with Gasteiger partial charge in [-0.2, -0.15) is 5.26 Å². The van der Waals surface area contributed by atoms with Crippen LogP contribution in [0.25, 0.3) is 0 Å². The van der Waals surface area contributed by atoms with Gasteiger partial charge in [0.15, 0.2) is 0 Å². The SMILES string of the molecule is CN1CC(C#N)=CC=C1/C(F)=C/B1OC(C)(C)C(C)(C)O1. The summed E-state index contributed by atoms with van der Waals surface area (Å²) < 4.78 is 25.9. The van der Waals surface area contributed by atoms with Gasteiger partial charge in [-0.25, -0.2) is 4.39 Å². The van der Waals surface area contributed by atoms with E-state index in [9.17, 15) is 4.39 Å². The van der Waals surface area contributed by atoms with Gasteiger partial charge in [0.1, 0.15) is 5.83 Å². The Morgan fingerprint density at radius 2 is 1.90 bits per heavy atom. The molecule has 0 spiro atoms. The average molecular weight is 290 g/mol. The first-order chi connectivity index (χ1) is 9.66. The molecule has 1 fully saturated rings. The van der Waals surface area contributed by atoms with E-state index in [2.05, 4.69) is 6.07 Å². The summed E-state index contributed by atoms with van der Waals surface area (Å²) in [6.45, 7) is 8.09. The minimum atomic E-state index is -0.717. The monoisotopic (exact) mass is 290 g/mol. The van der Waals surface area contributed by atoms with E-state index in [0.717, 1.165) is 0 Å². The lowest BCUT2D eigenvalue weighted by Gasteiger charge is -2.32. The van der Waals surface area contributed by atoms with E-state index in [0.29, 0.717) is 17.8 Å². The van der Waals surface area contributed by atoms with Crippen LogP contribution in [0.4, 0.5) is 4.39 Å². The van der Waals surface area contributed by atoms with E-state index in [4.69, 9.17) is 14.6 Å². The van der Waals surface area contributed by atoms with Crippen LogP contribution in [0, 0.1) is 11.3 Å². The van der Waals surface area contributed by atoms with Crippen LogP contribution in [-0.2, 0) is 9.31 Å². The molecule has 2 rings (SSSR count). The predicted molar refractivity (Wildman–Crippen MR) is 79.7 cm³/mol. The number of rotatable bonds is 2. The number of halogens is 1. The summed E-state index contributed by atoms with van der Waals surface area (Å²) in [4.78, 5) is 1.69. The molecule has 1 saturated heterocycles. The highest BCUT2D eigenvalue weighted by atomic mass is 19.1. The van der Waals surface area contributed by atoms with Crippen molar-refractivity contribution < 1.29 is 13.7 Å². The van der Waals surface area contributed by atoms with Crippen molar-refractivity contribution in [1.82, 2.24) is 4.90 Å². The quantitative estimate of drug-likeness (QED) is 0.734. The van der Waals surface area contributed by atoms with Crippen LogP contribution in [0.1, 0.15) is 27.7 Å². The molecule has 112 valence electrons. The second-order valence-electron chi connectivity index (χ2n) is 6.35. The molecular weight excluding hydrogens is 270 g/mol. The molecular formula is C15H20BFN2O2. The van der Waals surface area contributed by atoms with Crippen molar-refractivity contribution in [3.8, 4) is 6.07 Å². The third-order valence-corrected chi connectivity index (χ3v) is 4.20. The van der Waals surface area contributed by atoms with Gasteiger partial charge in [-0.3, -0.25) is 0 Å². The fraction of sp³-hybridized carbons (Fsp3) is 0.533. The summed E-state index contributed by atoms with van der Waals surface area (Å²) in [5.41, 5.74) is 0.0399. The van der Waals surface area contributed by atoms with E-state index >= 15 is 0 Å². The molecule has 2 heterocycles. The minimum absolute atomic E-state index is 0.396. The smallest absolute Gasteiger partial charge is 0.400 e. The van der Waals surface area contributed by atoms with Gasteiger partial charge in [0.25, 0.3) is 0 Å². The molecule has 0 atom stereocenters. The average Bonchev–Trinajstić information content (AvgIpc) is 2.56. The number of hydrogen-bond acceptors (Lipinski definition) is 4. The summed E-state index contributed by atoms with van der Waals surface area (Å²) in [5.74, 6) is 0.925. The van der Waals surface area contributed by atoms with E-state index in [1.807, 2.05) is 27.7 Å². The Bertz CT molecular complexity index is 557. The zero-order valence-corrected chi connectivity index (χ0v) is 13.1. The molecule has 2 aliphatic rings. The molecule has 21 heavy (non-hydrogen) atoms. The standard InChI is InChI=1S/C15H20BFN2O2/c1-14(2)15(3,4)21-16(20-14)8-12(17)13-7-6-11(9-18)10-19(13)5/h6-8H,10H2,1-5H3/b12-8-. The van der Waals surface area contributed by atoms with Crippen LogP contribution in [0.3, 0.4) is 0 Å². The lowest BCUT2D eigenvalue weighted by molar-refractivity contribution is 0.00578. The molecule has 0 bridgehead atoms. The van der Waals surface area contributed by atoms with Crippen LogP contribution in [0.5, 0.6) is 0 Å². The Kier molecular flexibility index (Phi) is 4.01. The maximum atomic E-state index is 14.4. The summed E-state index contributed by atoms with van der Waals surface area (Å²) in [6, 6.07) is 2.07. The lowest BCUT2D eigenvalue weighted by atomic mass is 9.89. The molecule has 0 amide bonds. The van der Waals surface area contributed by atoms with Gasteiger partial charge in [0.05, 0.1) is 29.5 Å². The normalized spacial score (nSPS) is 24.5. The number of nitriles is 1. The van der Waals surface area contributed by atoms with Crippen molar-refractivity contribution in [2.75, 3.05) is 13.6 Å². The summed E-state index contributed by atoms with van der Waals surface area (Å²) in [6.07, 6.45) is 3.23. The lowest BCUT2D eigenvalue weighted by Crippen LogP contribution is -2.41. The van der Waals surface area contributed by atoms with Gasteiger partial charge in [-0.1, -0.05) is 0 Å². The van der Waals surface area contributed by atoms with Gasteiger partial charge in [-0.05, 0) is 45.8 Å². The molecule has 0 saturated carbocycles. The van der Waals surface area contributed by atoms with Gasteiger partial charge in [0, 0.05) is 12.6 Å². The van der Waals surface area contributed by atoms with E-state index < -0.39 is 24.1 Å². The molecule has 0 aromatic carbocycles. The van der Waals surface area contributed by atoms with Crippen molar-refractivity contribution in [3.05, 3.63) is 35.2 Å². The van der Waals surface area contributed by atoms with E-state index in [-0.39, 0.29) is 0 Å². The predicted octanol–water partition coefficient (Wildman–Crippen LogP) is 2.75. The van der Waals surface area contributed by atoms with Crippen molar-refractivity contribution >= 4 is 7.12 Å². The van der Waals surface area contributed by atoms with Crippen molar-refractivity contribution in [1.29, 1.82) is 5.26 Å².